The summed E-state index contributed by atoms with van der Waals surface area (Å²) in [7, 11) is 0. The van der Waals surface area contributed by atoms with Gasteiger partial charge in [0.15, 0.2) is 0 Å². The Morgan fingerprint density at radius 2 is 2.20 bits per heavy atom. The normalized spacial score (nSPS) is 18.3. The van der Waals surface area contributed by atoms with Crippen molar-refractivity contribution in [2.45, 2.75) is 31.8 Å². The molecular weight excluding hydrogens is 254 g/mol. The third-order valence-electron chi connectivity index (χ3n) is 3.00. The van der Waals surface area contributed by atoms with Gasteiger partial charge in [-0.3, -0.25) is 0 Å². The first-order valence-electron chi connectivity index (χ1n) is 6.91. The van der Waals surface area contributed by atoms with E-state index >= 15 is 0 Å². The van der Waals surface area contributed by atoms with Crippen molar-refractivity contribution >= 4 is 12.2 Å². The van der Waals surface area contributed by atoms with Gasteiger partial charge in [0.25, 0.3) is 0 Å². The fourth-order valence-corrected chi connectivity index (χ4v) is 1.94. The van der Waals surface area contributed by atoms with Crippen LogP contribution < -0.4 is 0 Å². The molecule has 20 heavy (non-hydrogen) atoms. The second kappa shape index (κ2) is 8.27. The lowest BCUT2D eigenvalue weighted by Crippen LogP contribution is -2.15. The number of allylic oxidation sites excluding steroid dienone is 1. The van der Waals surface area contributed by atoms with Gasteiger partial charge in [-0.05, 0) is 24.8 Å². The van der Waals surface area contributed by atoms with Crippen molar-refractivity contribution in [2.24, 2.45) is 5.16 Å². The Hall–Kier alpha value is -1.94. The highest BCUT2D eigenvalue weighted by Crippen LogP contribution is 2.13. The second-order valence-electron chi connectivity index (χ2n) is 4.63. The smallest absolute Gasteiger partial charge is 0.337 e. The number of ether oxygens (including phenoxy) is 1. The number of oxime groups is 1. The number of carbonyl (C=O) groups is 1. The van der Waals surface area contributed by atoms with Crippen molar-refractivity contribution in [3.8, 4) is 0 Å². The molecule has 0 bridgehead atoms. The van der Waals surface area contributed by atoms with Crippen LogP contribution in [-0.2, 0) is 14.4 Å². The van der Waals surface area contributed by atoms with Gasteiger partial charge < -0.3 is 9.57 Å². The molecule has 0 aromatic heterocycles. The van der Waals surface area contributed by atoms with Crippen molar-refractivity contribution in [3.05, 3.63) is 48.0 Å². The molecule has 106 valence electrons. The van der Waals surface area contributed by atoms with Crippen LogP contribution in [0.1, 0.15) is 31.2 Å². The van der Waals surface area contributed by atoms with Gasteiger partial charge in [0.05, 0.1) is 25.3 Å². The molecule has 1 unspecified atom stereocenters. The number of rotatable bonds is 6. The molecule has 4 heteroatoms. The summed E-state index contributed by atoms with van der Waals surface area (Å²) >= 11 is 0. The fourth-order valence-electron chi connectivity index (χ4n) is 1.94. The molecule has 0 N–H and O–H groups in total. The fraction of sp³-hybridized carbons (Fsp3) is 0.375. The SMILES string of the molecule is O=C(CCOC1C=CCCC1)O/N=C/c1ccccc1. The first kappa shape index (κ1) is 14.5. The molecular formula is C16H19NO3. The summed E-state index contributed by atoms with van der Waals surface area (Å²) in [5.74, 6) is -0.378. The molecule has 2 rings (SSSR count). The predicted molar refractivity (Wildman–Crippen MR) is 77.5 cm³/mol. The molecule has 0 amide bonds. The Balaban J connectivity index is 1.62. The minimum atomic E-state index is -0.378. The highest BCUT2D eigenvalue weighted by atomic mass is 16.7. The van der Waals surface area contributed by atoms with Crippen LogP contribution in [0.15, 0.2) is 47.6 Å². The lowest BCUT2D eigenvalue weighted by molar-refractivity contribution is -0.145. The third-order valence-corrected chi connectivity index (χ3v) is 3.00. The lowest BCUT2D eigenvalue weighted by Gasteiger charge is -2.16. The Labute approximate surface area is 119 Å². The van der Waals surface area contributed by atoms with E-state index in [0.29, 0.717) is 6.61 Å². The van der Waals surface area contributed by atoms with E-state index in [4.69, 9.17) is 9.57 Å². The molecule has 0 heterocycles. The molecule has 1 aromatic rings. The summed E-state index contributed by atoms with van der Waals surface area (Å²) in [4.78, 5) is 16.2. The van der Waals surface area contributed by atoms with Gasteiger partial charge in [-0.2, -0.15) is 0 Å². The van der Waals surface area contributed by atoms with Gasteiger partial charge in [-0.15, -0.1) is 0 Å². The monoisotopic (exact) mass is 273 g/mol. The molecule has 1 aliphatic carbocycles. The quantitative estimate of drug-likeness (QED) is 0.346. The highest BCUT2D eigenvalue weighted by Gasteiger charge is 2.10. The van der Waals surface area contributed by atoms with Gasteiger partial charge in [0, 0.05) is 0 Å². The molecule has 0 fully saturated rings. The Kier molecular flexibility index (Phi) is 5.99. The Morgan fingerprint density at radius 3 is 2.95 bits per heavy atom. The number of carbonyl (C=O) groups excluding carboxylic acids is 1. The van der Waals surface area contributed by atoms with Crippen LogP contribution in [0, 0.1) is 0 Å². The van der Waals surface area contributed by atoms with Crippen LogP contribution in [0.2, 0.25) is 0 Å². The van der Waals surface area contributed by atoms with E-state index in [1.165, 1.54) is 6.21 Å². The Bertz CT molecular complexity index is 468. The van der Waals surface area contributed by atoms with Gasteiger partial charge in [-0.1, -0.05) is 47.6 Å². The van der Waals surface area contributed by atoms with Gasteiger partial charge in [-0.25, -0.2) is 4.79 Å². The molecule has 1 aliphatic rings. The second-order valence-corrected chi connectivity index (χ2v) is 4.63. The molecule has 0 aliphatic heterocycles. The standard InChI is InChI=1S/C16H19NO3/c18-16(11-12-19-15-9-5-2-6-10-15)20-17-13-14-7-3-1-4-8-14/h1,3-5,7-9,13,15H,2,6,10-12H2/b17-13+. The predicted octanol–water partition coefficient (Wildman–Crippen LogP) is 3.08. The van der Waals surface area contributed by atoms with Gasteiger partial charge in [0.1, 0.15) is 0 Å². The zero-order valence-corrected chi connectivity index (χ0v) is 11.4. The highest BCUT2D eigenvalue weighted by molar-refractivity contribution is 5.80. The zero-order valence-electron chi connectivity index (χ0n) is 11.4. The van der Waals surface area contributed by atoms with E-state index in [-0.39, 0.29) is 18.5 Å². The van der Waals surface area contributed by atoms with Crippen LogP contribution in [0.5, 0.6) is 0 Å². The number of nitrogens with zero attached hydrogens (tertiary/aromatic N) is 1. The zero-order chi connectivity index (χ0) is 14.0. The maximum absolute atomic E-state index is 11.4. The minimum Gasteiger partial charge on any atom is -0.374 e. The van der Waals surface area contributed by atoms with Crippen molar-refractivity contribution in [1.82, 2.24) is 0 Å². The van der Waals surface area contributed by atoms with Crippen LogP contribution in [0.3, 0.4) is 0 Å². The average molecular weight is 273 g/mol. The topological polar surface area (TPSA) is 47.9 Å². The molecule has 0 radical (unpaired) electrons. The van der Waals surface area contributed by atoms with Crippen LogP contribution in [0.4, 0.5) is 0 Å². The number of hydrogen-bond acceptors (Lipinski definition) is 4. The van der Waals surface area contributed by atoms with E-state index in [1.807, 2.05) is 30.3 Å². The lowest BCUT2D eigenvalue weighted by atomic mass is 10.1. The van der Waals surface area contributed by atoms with Crippen LogP contribution in [-0.4, -0.2) is 24.9 Å². The summed E-state index contributed by atoms with van der Waals surface area (Å²) < 4.78 is 5.58. The van der Waals surface area contributed by atoms with Gasteiger partial charge in [0.2, 0.25) is 0 Å². The summed E-state index contributed by atoms with van der Waals surface area (Å²) in [5.41, 5.74) is 0.892. The molecule has 1 atom stereocenters. The summed E-state index contributed by atoms with van der Waals surface area (Å²) in [6.07, 6.45) is 9.35. The van der Waals surface area contributed by atoms with Gasteiger partial charge >= 0.3 is 5.97 Å². The first-order valence-corrected chi connectivity index (χ1v) is 6.91. The molecule has 4 nitrogen and oxygen atoms in total. The summed E-state index contributed by atoms with van der Waals surface area (Å²) in [6, 6.07) is 9.48. The largest absolute Gasteiger partial charge is 0.374 e. The molecule has 1 aromatic carbocycles. The summed E-state index contributed by atoms with van der Waals surface area (Å²) in [5, 5.41) is 3.66. The van der Waals surface area contributed by atoms with Crippen molar-refractivity contribution in [2.75, 3.05) is 6.61 Å². The summed E-state index contributed by atoms with van der Waals surface area (Å²) in [6.45, 7) is 0.370. The van der Waals surface area contributed by atoms with E-state index in [9.17, 15) is 4.79 Å². The maximum atomic E-state index is 11.4. The third kappa shape index (κ3) is 5.36. The molecule has 0 saturated heterocycles. The first-order chi connectivity index (χ1) is 9.84. The maximum Gasteiger partial charge on any atom is 0.337 e. The Morgan fingerprint density at radius 1 is 1.35 bits per heavy atom. The van der Waals surface area contributed by atoms with E-state index in [2.05, 4.69) is 17.3 Å². The minimum absolute atomic E-state index is 0.143. The number of benzene rings is 1. The van der Waals surface area contributed by atoms with Crippen molar-refractivity contribution in [1.29, 1.82) is 0 Å². The average Bonchev–Trinajstić information content (AvgIpc) is 2.49. The van der Waals surface area contributed by atoms with E-state index in [1.54, 1.807) is 0 Å². The van der Waals surface area contributed by atoms with E-state index < -0.39 is 0 Å². The van der Waals surface area contributed by atoms with Crippen LogP contribution in [0.25, 0.3) is 0 Å². The van der Waals surface area contributed by atoms with Crippen molar-refractivity contribution < 1.29 is 14.4 Å². The molecule has 0 spiro atoms. The van der Waals surface area contributed by atoms with Crippen molar-refractivity contribution in [3.63, 3.8) is 0 Å². The van der Waals surface area contributed by atoms with Crippen LogP contribution >= 0.6 is 0 Å². The number of hydrogen-bond donors (Lipinski definition) is 0. The molecule has 0 saturated carbocycles. The van der Waals surface area contributed by atoms with E-state index in [0.717, 1.165) is 24.8 Å².